The molecule has 0 amide bonds. The lowest BCUT2D eigenvalue weighted by atomic mass is 9.77. The van der Waals surface area contributed by atoms with E-state index in [1.54, 1.807) is 0 Å². The molecule has 3 aliphatic carbocycles. The molecule has 3 aliphatic rings. The van der Waals surface area contributed by atoms with Gasteiger partial charge < -0.3 is 4.43 Å². The molecule has 1 fully saturated rings. The Bertz CT molecular complexity index is 675. The summed E-state index contributed by atoms with van der Waals surface area (Å²) in [6.45, 7) is 16.0. The van der Waals surface area contributed by atoms with Gasteiger partial charge in [-0.1, -0.05) is 44.1 Å². The summed E-state index contributed by atoms with van der Waals surface area (Å²) in [6, 6.07) is 0. The number of rotatable bonds is 2. The van der Waals surface area contributed by atoms with Crippen LogP contribution in [0.25, 0.3) is 0 Å². The van der Waals surface area contributed by atoms with Crippen LogP contribution in [-0.2, 0) is 9.22 Å². The van der Waals surface area contributed by atoms with Gasteiger partial charge in [-0.05, 0) is 75.6 Å². The molecule has 1 saturated carbocycles. The quantitative estimate of drug-likeness (QED) is 0.327. The van der Waals surface area contributed by atoms with Crippen LogP contribution in [0.5, 0.6) is 0 Å². The van der Waals surface area contributed by atoms with Gasteiger partial charge in [-0.25, -0.2) is 0 Å². The van der Waals surface area contributed by atoms with Crippen molar-refractivity contribution in [3.05, 3.63) is 34.9 Å². The second-order valence-electron chi connectivity index (χ2n) is 10.0. The molecule has 0 spiro atoms. The van der Waals surface area contributed by atoms with E-state index in [0.29, 0.717) is 23.9 Å². The van der Waals surface area contributed by atoms with Gasteiger partial charge in [-0.2, -0.15) is 0 Å². The van der Waals surface area contributed by atoms with Crippen LogP contribution in [-0.4, -0.2) is 20.2 Å². The summed E-state index contributed by atoms with van der Waals surface area (Å²) in [5.41, 5.74) is 3.88. The maximum atomic E-state index is 12.4. The molecule has 0 aromatic heterocycles. The zero-order valence-corrected chi connectivity index (χ0v) is 18.7. The molecule has 0 saturated heterocycles. The summed E-state index contributed by atoms with van der Waals surface area (Å²) in [7, 11) is -1.78. The predicted octanol–water partition coefficient (Wildman–Crippen LogP) is 6.21. The molecule has 26 heavy (non-hydrogen) atoms. The van der Waals surface area contributed by atoms with Crippen molar-refractivity contribution in [1.82, 2.24) is 0 Å². The van der Waals surface area contributed by atoms with Crippen molar-refractivity contribution in [2.45, 2.75) is 84.5 Å². The lowest BCUT2D eigenvalue weighted by molar-refractivity contribution is -0.111. The maximum absolute atomic E-state index is 12.4. The van der Waals surface area contributed by atoms with Crippen molar-refractivity contribution < 1.29 is 9.22 Å². The molecule has 0 aromatic rings. The Balaban J connectivity index is 1.89. The van der Waals surface area contributed by atoms with Crippen LogP contribution < -0.4 is 0 Å². The van der Waals surface area contributed by atoms with Crippen LogP contribution in [0.1, 0.15) is 60.3 Å². The zero-order valence-electron chi connectivity index (χ0n) is 17.7. The lowest BCUT2D eigenvalue weighted by Gasteiger charge is -2.41. The molecule has 0 bridgehead atoms. The van der Waals surface area contributed by atoms with E-state index in [9.17, 15) is 4.79 Å². The Morgan fingerprint density at radius 3 is 2.54 bits per heavy atom. The number of hydrogen-bond donors (Lipinski definition) is 0. The van der Waals surface area contributed by atoms with Gasteiger partial charge >= 0.3 is 0 Å². The Labute approximate surface area is 160 Å². The molecule has 4 atom stereocenters. The third-order valence-corrected chi connectivity index (χ3v) is 12.0. The van der Waals surface area contributed by atoms with E-state index < -0.39 is 8.32 Å². The molecule has 0 heterocycles. The molecule has 3 heteroatoms. The molecule has 0 N–H and O–H groups in total. The average molecular weight is 373 g/mol. The average Bonchev–Trinajstić information content (AvgIpc) is 3.03. The highest BCUT2D eigenvalue weighted by atomic mass is 28.4. The van der Waals surface area contributed by atoms with E-state index in [2.05, 4.69) is 46.9 Å². The standard InChI is InChI=1S/C23H36O2Si/c1-8-17-19-10-9-15(2)18-11-12-22(25-26(6,7)23(3,4)5)20(18)13-16(19)14-21(17)24/h8-9,14,18-20,22H,10-13H2,1-7H3/b15-9-,17-8-/t18-,19-,20+,22+/m1/s1. The van der Waals surface area contributed by atoms with E-state index in [0.717, 1.165) is 24.8 Å². The first-order chi connectivity index (χ1) is 12.0. The molecular formula is C23H36O2Si. The van der Waals surface area contributed by atoms with Crippen molar-refractivity contribution in [2.24, 2.45) is 17.8 Å². The van der Waals surface area contributed by atoms with Gasteiger partial charge in [0, 0.05) is 17.6 Å². The highest BCUT2D eigenvalue weighted by Crippen LogP contribution is 2.49. The van der Waals surface area contributed by atoms with Crippen LogP contribution in [0.2, 0.25) is 18.1 Å². The van der Waals surface area contributed by atoms with Gasteiger partial charge in [-0.15, -0.1) is 0 Å². The first-order valence-corrected chi connectivity index (χ1v) is 13.2. The SMILES string of the molecule is C/C=C1\C(=O)C=C2C[C@@H]3[C@@H](O[Si](C)(C)C(C)(C)C)CC[C@@H]3/C(C)=C\C[C@H]21. The van der Waals surface area contributed by atoms with Crippen LogP contribution in [0, 0.1) is 17.8 Å². The van der Waals surface area contributed by atoms with Gasteiger partial charge in [0.15, 0.2) is 14.1 Å². The van der Waals surface area contributed by atoms with Gasteiger partial charge in [0.2, 0.25) is 0 Å². The van der Waals surface area contributed by atoms with Crippen LogP contribution >= 0.6 is 0 Å². The number of fused-ring (bicyclic) bond motifs is 2. The van der Waals surface area contributed by atoms with Crippen molar-refractivity contribution in [3.63, 3.8) is 0 Å². The predicted molar refractivity (Wildman–Crippen MR) is 112 cm³/mol. The lowest BCUT2D eigenvalue weighted by Crippen LogP contribution is -2.45. The fraction of sp³-hybridized carbons (Fsp3) is 0.696. The van der Waals surface area contributed by atoms with Crippen molar-refractivity contribution in [1.29, 1.82) is 0 Å². The van der Waals surface area contributed by atoms with Crippen LogP contribution in [0.15, 0.2) is 34.9 Å². The number of allylic oxidation sites excluding steroid dienone is 6. The van der Waals surface area contributed by atoms with Crippen LogP contribution in [0.3, 0.4) is 0 Å². The third-order valence-electron chi connectivity index (χ3n) is 7.48. The van der Waals surface area contributed by atoms with E-state index >= 15 is 0 Å². The minimum Gasteiger partial charge on any atom is -0.414 e. The summed E-state index contributed by atoms with van der Waals surface area (Å²) in [5, 5.41) is 0.237. The Kier molecular flexibility index (Phi) is 5.26. The molecule has 2 nitrogen and oxygen atoms in total. The van der Waals surface area contributed by atoms with Gasteiger partial charge in [0.25, 0.3) is 0 Å². The number of ketones is 1. The van der Waals surface area contributed by atoms with Crippen LogP contribution in [0.4, 0.5) is 0 Å². The third kappa shape index (κ3) is 3.45. The Hall–Kier alpha value is -0.933. The monoisotopic (exact) mass is 372 g/mol. The van der Waals surface area contributed by atoms with E-state index in [-0.39, 0.29) is 10.8 Å². The second-order valence-corrected chi connectivity index (χ2v) is 14.8. The normalized spacial score (nSPS) is 36.1. The van der Waals surface area contributed by atoms with E-state index in [1.165, 1.54) is 17.6 Å². The summed E-state index contributed by atoms with van der Waals surface area (Å²) in [6.07, 6.45) is 11.1. The van der Waals surface area contributed by atoms with Gasteiger partial charge in [0.05, 0.1) is 0 Å². The summed E-state index contributed by atoms with van der Waals surface area (Å²) < 4.78 is 6.89. The highest BCUT2D eigenvalue weighted by Gasteiger charge is 2.46. The molecule has 0 aromatic carbocycles. The fourth-order valence-electron chi connectivity index (χ4n) is 4.85. The fourth-order valence-corrected chi connectivity index (χ4v) is 6.25. The Morgan fingerprint density at radius 2 is 1.92 bits per heavy atom. The molecular weight excluding hydrogens is 336 g/mol. The smallest absolute Gasteiger partial charge is 0.192 e. The summed E-state index contributed by atoms with van der Waals surface area (Å²) in [5.74, 6) is 1.68. The second kappa shape index (κ2) is 6.90. The Morgan fingerprint density at radius 1 is 1.23 bits per heavy atom. The first kappa shape index (κ1) is 19.8. The number of carbonyl (C=O) groups excluding carboxylic acids is 1. The van der Waals surface area contributed by atoms with Gasteiger partial charge in [0.1, 0.15) is 0 Å². The summed E-state index contributed by atoms with van der Waals surface area (Å²) in [4.78, 5) is 12.4. The molecule has 0 aliphatic heterocycles. The topological polar surface area (TPSA) is 26.3 Å². The number of hydrogen-bond acceptors (Lipinski definition) is 2. The van der Waals surface area contributed by atoms with Gasteiger partial charge in [-0.3, -0.25) is 4.79 Å². The molecule has 144 valence electrons. The van der Waals surface area contributed by atoms with E-state index in [4.69, 9.17) is 4.43 Å². The first-order valence-electron chi connectivity index (χ1n) is 10.3. The molecule has 0 radical (unpaired) electrons. The maximum Gasteiger partial charge on any atom is 0.192 e. The van der Waals surface area contributed by atoms with E-state index in [1.807, 2.05) is 19.1 Å². The zero-order chi connectivity index (χ0) is 19.3. The highest BCUT2D eigenvalue weighted by molar-refractivity contribution is 6.74. The van der Waals surface area contributed by atoms with Crippen molar-refractivity contribution in [3.8, 4) is 0 Å². The molecule has 0 unspecified atom stereocenters. The van der Waals surface area contributed by atoms with Crippen molar-refractivity contribution >= 4 is 14.1 Å². The largest absolute Gasteiger partial charge is 0.414 e. The summed E-state index contributed by atoms with van der Waals surface area (Å²) >= 11 is 0. The molecule has 3 rings (SSSR count). The minimum absolute atomic E-state index is 0.233. The number of carbonyl (C=O) groups is 1. The minimum atomic E-state index is -1.78. The van der Waals surface area contributed by atoms with Crippen molar-refractivity contribution in [2.75, 3.05) is 0 Å².